The molecule has 1 saturated carbocycles. The van der Waals surface area contributed by atoms with Gasteiger partial charge in [-0.3, -0.25) is 15.2 Å². The lowest BCUT2D eigenvalue weighted by Gasteiger charge is -2.27. The smallest absolute Gasteiger partial charge is 0.425 e. The third kappa shape index (κ3) is 3.39. The fraction of sp³-hybridized carbons (Fsp3) is 0.533. The lowest BCUT2D eigenvalue weighted by Crippen LogP contribution is -2.44. The number of carbonyl (C=O) groups excluding carboxylic acids is 1. The molecule has 2 heterocycles. The summed E-state index contributed by atoms with van der Waals surface area (Å²) in [7, 11) is 0. The van der Waals surface area contributed by atoms with Crippen LogP contribution in [0.4, 0.5) is 19.1 Å². The first-order valence-corrected chi connectivity index (χ1v) is 7.77. The second-order valence-electron chi connectivity index (χ2n) is 6.17. The van der Waals surface area contributed by atoms with Gasteiger partial charge in [0.2, 0.25) is 17.5 Å². The number of nitrogens with one attached hydrogen (secondary N) is 2. The summed E-state index contributed by atoms with van der Waals surface area (Å²) in [6.07, 6.45) is -3.38. The van der Waals surface area contributed by atoms with Gasteiger partial charge in [0.25, 0.3) is 0 Å². The molecule has 0 spiro atoms. The molecule has 0 bridgehead atoms. The third-order valence-corrected chi connectivity index (χ3v) is 4.28. The minimum Gasteiger partial charge on any atom is -0.463 e. The third-order valence-electron chi connectivity index (χ3n) is 4.28. The van der Waals surface area contributed by atoms with Crippen LogP contribution in [0.15, 0.2) is 16.5 Å². The molecule has 2 aromatic heterocycles. The number of aliphatic hydroxyl groups is 1. The molecule has 2 aromatic rings. The molecule has 25 heavy (non-hydrogen) atoms. The van der Waals surface area contributed by atoms with E-state index in [0.29, 0.717) is 5.82 Å². The Kier molecular flexibility index (Phi) is 4.31. The summed E-state index contributed by atoms with van der Waals surface area (Å²) in [6.45, 7) is 1.44. The van der Waals surface area contributed by atoms with Gasteiger partial charge in [-0.2, -0.15) is 18.2 Å². The van der Waals surface area contributed by atoms with Crippen LogP contribution in [0, 0.1) is 6.92 Å². The molecule has 0 saturated heterocycles. The summed E-state index contributed by atoms with van der Waals surface area (Å²) in [5.74, 6) is -0.916. The first-order chi connectivity index (χ1) is 11.7. The van der Waals surface area contributed by atoms with Gasteiger partial charge < -0.3 is 9.52 Å². The quantitative estimate of drug-likeness (QED) is 0.762. The van der Waals surface area contributed by atoms with Crippen molar-refractivity contribution in [1.29, 1.82) is 0 Å². The molecule has 7 nitrogen and oxygen atoms in total. The highest BCUT2D eigenvalue weighted by Crippen LogP contribution is 2.42. The molecule has 1 unspecified atom stereocenters. The van der Waals surface area contributed by atoms with E-state index in [1.165, 1.54) is 13.0 Å². The van der Waals surface area contributed by atoms with Gasteiger partial charge in [-0.25, -0.2) is 0 Å². The number of amides is 1. The molecule has 1 aliphatic carbocycles. The second-order valence-corrected chi connectivity index (χ2v) is 6.17. The molecule has 3 N–H and O–H groups in total. The summed E-state index contributed by atoms with van der Waals surface area (Å²) in [4.78, 5) is 16.1. The van der Waals surface area contributed by atoms with Crippen molar-refractivity contribution >= 4 is 11.9 Å². The Hall–Kier alpha value is -2.36. The molecule has 1 aliphatic rings. The van der Waals surface area contributed by atoms with E-state index >= 15 is 0 Å². The summed E-state index contributed by atoms with van der Waals surface area (Å²) < 4.78 is 44.9. The van der Waals surface area contributed by atoms with E-state index in [1.807, 2.05) is 0 Å². The number of H-pyrrole nitrogens is 1. The predicted octanol–water partition coefficient (Wildman–Crippen LogP) is 2.75. The van der Waals surface area contributed by atoms with E-state index < -0.39 is 29.9 Å². The normalized spacial score (nSPS) is 17.8. The molecule has 0 aliphatic heterocycles. The van der Waals surface area contributed by atoms with Gasteiger partial charge in [0, 0.05) is 5.92 Å². The average Bonchev–Trinajstić information content (AvgIpc) is 3.05. The first kappa shape index (κ1) is 17.5. The van der Waals surface area contributed by atoms with Crippen molar-refractivity contribution in [2.45, 2.75) is 50.3 Å². The van der Waals surface area contributed by atoms with Gasteiger partial charge in [-0.1, -0.05) is 6.42 Å². The van der Waals surface area contributed by atoms with Gasteiger partial charge in [0.05, 0.1) is 6.42 Å². The maximum Gasteiger partial charge on any atom is 0.425 e. The number of carbonyl (C=O) groups is 1. The van der Waals surface area contributed by atoms with E-state index in [1.54, 1.807) is 0 Å². The summed E-state index contributed by atoms with van der Waals surface area (Å²) in [6, 6.07) is 2.28. The van der Waals surface area contributed by atoms with Gasteiger partial charge >= 0.3 is 6.18 Å². The highest BCUT2D eigenvalue weighted by molar-refractivity contribution is 5.89. The number of halogens is 3. The zero-order chi connectivity index (χ0) is 18.2. The first-order valence-electron chi connectivity index (χ1n) is 7.77. The minimum absolute atomic E-state index is 0.118. The fourth-order valence-corrected chi connectivity index (χ4v) is 2.58. The van der Waals surface area contributed by atoms with Crippen molar-refractivity contribution in [3.8, 4) is 0 Å². The lowest BCUT2D eigenvalue weighted by atomic mass is 9.85. The maximum atomic E-state index is 13.3. The van der Waals surface area contributed by atoms with Crippen molar-refractivity contribution in [3.63, 3.8) is 0 Å². The van der Waals surface area contributed by atoms with Crippen LogP contribution in [0.2, 0.25) is 0 Å². The zero-order valence-electron chi connectivity index (χ0n) is 13.4. The van der Waals surface area contributed by atoms with Gasteiger partial charge in [-0.05, 0) is 31.9 Å². The average molecular weight is 358 g/mol. The van der Waals surface area contributed by atoms with Gasteiger partial charge in [0.15, 0.2) is 0 Å². The summed E-state index contributed by atoms with van der Waals surface area (Å²) in [5, 5.41) is 18.7. The highest BCUT2D eigenvalue weighted by atomic mass is 19.4. The van der Waals surface area contributed by atoms with E-state index in [-0.39, 0.29) is 17.6 Å². The van der Waals surface area contributed by atoms with Crippen LogP contribution < -0.4 is 5.32 Å². The molecule has 1 atom stereocenters. The van der Waals surface area contributed by atoms with Crippen LogP contribution in [0.1, 0.15) is 48.9 Å². The molecular weight excluding hydrogens is 341 g/mol. The number of rotatable bonds is 5. The zero-order valence-corrected chi connectivity index (χ0v) is 13.4. The Bertz CT molecular complexity index is 766. The number of hydrogen-bond acceptors (Lipinski definition) is 5. The van der Waals surface area contributed by atoms with E-state index in [2.05, 4.69) is 20.5 Å². The monoisotopic (exact) mass is 358 g/mol. The second kappa shape index (κ2) is 6.17. The Morgan fingerprint density at radius 2 is 2.16 bits per heavy atom. The molecule has 136 valence electrons. The number of aromatic amines is 1. The summed E-state index contributed by atoms with van der Waals surface area (Å²) in [5.41, 5.74) is -3.43. The number of furan rings is 1. The molecule has 1 fully saturated rings. The number of nitrogens with zero attached hydrogens (tertiary/aromatic N) is 2. The number of aromatic nitrogens is 3. The molecule has 1 amide bonds. The Morgan fingerprint density at radius 3 is 2.68 bits per heavy atom. The molecule has 10 heteroatoms. The van der Waals surface area contributed by atoms with Gasteiger partial charge in [-0.15, -0.1) is 5.10 Å². The van der Waals surface area contributed by atoms with Crippen LogP contribution in [-0.2, 0) is 10.4 Å². The molecular formula is C15H17F3N4O3. The highest BCUT2D eigenvalue weighted by Gasteiger charge is 2.58. The summed E-state index contributed by atoms with van der Waals surface area (Å²) >= 11 is 0. The standard InChI is InChI=1S/C15H17F3N4O3/c1-8-5-6-10(25-8)14(24,15(16,17)18)7-11(23)19-13-20-12(21-22-13)9-3-2-4-9/h5-6,9,24H,2-4,7H2,1H3,(H2,19,20,21,22,23). The van der Waals surface area contributed by atoms with Crippen molar-refractivity contribution in [2.75, 3.05) is 5.32 Å². The molecule has 0 aromatic carbocycles. The van der Waals surface area contributed by atoms with Crippen molar-refractivity contribution < 1.29 is 27.5 Å². The van der Waals surface area contributed by atoms with Crippen LogP contribution in [0.25, 0.3) is 0 Å². The maximum absolute atomic E-state index is 13.3. The SMILES string of the molecule is Cc1ccc(C(O)(CC(=O)Nc2n[nH]c(C3CCC3)n2)C(F)(F)F)o1. The van der Waals surface area contributed by atoms with Crippen LogP contribution >= 0.6 is 0 Å². The minimum atomic E-state index is -5.09. The largest absolute Gasteiger partial charge is 0.463 e. The number of alkyl halides is 3. The van der Waals surface area contributed by atoms with Crippen molar-refractivity contribution in [2.24, 2.45) is 0 Å². The lowest BCUT2D eigenvalue weighted by molar-refractivity contribution is -0.272. The van der Waals surface area contributed by atoms with Crippen LogP contribution in [-0.4, -0.2) is 32.4 Å². The Morgan fingerprint density at radius 1 is 1.44 bits per heavy atom. The fourth-order valence-electron chi connectivity index (χ4n) is 2.58. The van der Waals surface area contributed by atoms with Crippen LogP contribution in [0.3, 0.4) is 0 Å². The Balaban J connectivity index is 1.73. The number of aryl methyl sites for hydroxylation is 1. The Labute approximate surface area is 140 Å². The topological polar surface area (TPSA) is 104 Å². The van der Waals surface area contributed by atoms with Crippen molar-refractivity contribution in [3.05, 3.63) is 29.5 Å². The molecule has 3 rings (SSSR count). The van der Waals surface area contributed by atoms with Gasteiger partial charge in [0.1, 0.15) is 17.3 Å². The van der Waals surface area contributed by atoms with Crippen molar-refractivity contribution in [1.82, 2.24) is 15.2 Å². The predicted molar refractivity (Wildman–Crippen MR) is 79.6 cm³/mol. The molecule has 0 radical (unpaired) electrons. The van der Waals surface area contributed by atoms with Crippen LogP contribution in [0.5, 0.6) is 0 Å². The number of anilines is 1. The van der Waals surface area contributed by atoms with E-state index in [4.69, 9.17) is 4.42 Å². The number of hydrogen-bond donors (Lipinski definition) is 3. The van der Waals surface area contributed by atoms with E-state index in [9.17, 15) is 23.1 Å². The van der Waals surface area contributed by atoms with E-state index in [0.717, 1.165) is 25.3 Å².